The lowest BCUT2D eigenvalue weighted by Gasteiger charge is -2.23. The third kappa shape index (κ3) is 3.92. The highest BCUT2D eigenvalue weighted by molar-refractivity contribution is 9.10. The van der Waals surface area contributed by atoms with Crippen molar-refractivity contribution in [2.45, 2.75) is 25.2 Å². The molecular formula is C18H16BrFN6O3S. The minimum Gasteiger partial charge on any atom is -0.364 e. The number of carbonyl (C=O) groups is 3. The normalized spacial score (nSPS) is 18.7. The van der Waals surface area contributed by atoms with Crippen molar-refractivity contribution in [2.75, 3.05) is 11.9 Å². The number of carbonyl (C=O) groups excluding carboxylic acids is 3. The first-order valence-corrected chi connectivity index (χ1v) is 10.6. The standard InChI is InChI=1S/C18H16BrFN6O3S/c19-12-2-1-3-13(22-12)23-18(29)11-6-9(20)7-25(11)14(27)8-26-10-4-5-30-16(10)15(24-26)17(21)28/h1-5,9,11H,6-8H2,(H2,21,28)(H,22,23,29)/t9-,11+/m1/s1. The van der Waals surface area contributed by atoms with Crippen LogP contribution in [0.1, 0.15) is 16.9 Å². The molecule has 0 unspecified atom stereocenters. The molecule has 30 heavy (non-hydrogen) atoms. The van der Waals surface area contributed by atoms with E-state index in [9.17, 15) is 18.8 Å². The monoisotopic (exact) mass is 494 g/mol. The molecule has 4 heterocycles. The van der Waals surface area contributed by atoms with Gasteiger partial charge in [0.2, 0.25) is 11.8 Å². The van der Waals surface area contributed by atoms with Crippen molar-refractivity contribution in [1.82, 2.24) is 19.7 Å². The number of aromatic nitrogens is 3. The highest BCUT2D eigenvalue weighted by atomic mass is 79.9. The highest BCUT2D eigenvalue weighted by Gasteiger charge is 2.40. The van der Waals surface area contributed by atoms with E-state index in [2.05, 4.69) is 31.3 Å². The number of likely N-dealkylation sites (tertiary alicyclic amines) is 1. The Hall–Kier alpha value is -2.86. The molecule has 1 saturated heterocycles. The number of hydrogen-bond acceptors (Lipinski definition) is 6. The third-order valence-corrected chi connectivity index (χ3v) is 6.07. The van der Waals surface area contributed by atoms with Gasteiger partial charge in [-0.05, 0) is 39.5 Å². The highest BCUT2D eigenvalue weighted by Crippen LogP contribution is 2.26. The number of rotatable bonds is 5. The topological polar surface area (TPSA) is 123 Å². The summed E-state index contributed by atoms with van der Waals surface area (Å²) in [5.41, 5.74) is 6.01. The van der Waals surface area contributed by atoms with E-state index in [4.69, 9.17) is 5.73 Å². The summed E-state index contributed by atoms with van der Waals surface area (Å²) in [6.07, 6.45) is -1.43. The number of alkyl halides is 1. The first-order chi connectivity index (χ1) is 14.3. The largest absolute Gasteiger partial charge is 0.364 e. The van der Waals surface area contributed by atoms with Crippen LogP contribution in [0.2, 0.25) is 0 Å². The molecular weight excluding hydrogens is 479 g/mol. The summed E-state index contributed by atoms with van der Waals surface area (Å²) in [5, 5.41) is 8.50. The van der Waals surface area contributed by atoms with Gasteiger partial charge in [0, 0.05) is 6.42 Å². The van der Waals surface area contributed by atoms with E-state index in [1.54, 1.807) is 29.6 Å². The smallest absolute Gasteiger partial charge is 0.270 e. The van der Waals surface area contributed by atoms with Crippen LogP contribution in [0.25, 0.3) is 10.2 Å². The number of fused-ring (bicyclic) bond motifs is 1. The Balaban J connectivity index is 1.53. The second-order valence-corrected chi connectivity index (χ2v) is 8.46. The fourth-order valence-corrected chi connectivity index (χ4v) is 4.62. The number of nitrogens with one attached hydrogen (secondary N) is 1. The van der Waals surface area contributed by atoms with Crippen molar-refractivity contribution < 1.29 is 18.8 Å². The van der Waals surface area contributed by atoms with Crippen molar-refractivity contribution in [3.05, 3.63) is 39.9 Å². The predicted molar refractivity (Wildman–Crippen MR) is 112 cm³/mol. The zero-order valence-corrected chi connectivity index (χ0v) is 17.8. The first-order valence-electron chi connectivity index (χ1n) is 8.94. The minimum atomic E-state index is -1.32. The summed E-state index contributed by atoms with van der Waals surface area (Å²) in [5.74, 6) is -1.41. The van der Waals surface area contributed by atoms with Crippen LogP contribution < -0.4 is 11.1 Å². The minimum absolute atomic E-state index is 0.0765. The van der Waals surface area contributed by atoms with Crippen molar-refractivity contribution in [3.8, 4) is 0 Å². The van der Waals surface area contributed by atoms with Crippen LogP contribution >= 0.6 is 27.3 Å². The van der Waals surface area contributed by atoms with Crippen LogP contribution in [0.3, 0.4) is 0 Å². The van der Waals surface area contributed by atoms with E-state index in [0.29, 0.717) is 20.6 Å². The van der Waals surface area contributed by atoms with Gasteiger partial charge in [0.05, 0.1) is 16.8 Å². The van der Waals surface area contributed by atoms with E-state index in [1.165, 1.54) is 20.9 Å². The molecule has 0 saturated carbocycles. The van der Waals surface area contributed by atoms with Crippen LogP contribution in [0.5, 0.6) is 0 Å². The van der Waals surface area contributed by atoms with E-state index in [0.717, 1.165) is 0 Å². The Bertz CT molecular complexity index is 1150. The lowest BCUT2D eigenvalue weighted by Crippen LogP contribution is -2.44. The van der Waals surface area contributed by atoms with Crippen molar-refractivity contribution in [2.24, 2.45) is 5.73 Å². The fraction of sp³-hybridized carbons (Fsp3) is 0.278. The Labute approximate surface area is 182 Å². The molecule has 2 atom stereocenters. The van der Waals surface area contributed by atoms with Crippen molar-refractivity contribution >= 4 is 61.0 Å². The molecule has 3 aromatic rings. The molecule has 0 aliphatic carbocycles. The molecule has 3 aromatic heterocycles. The number of hydrogen-bond donors (Lipinski definition) is 2. The van der Waals surface area contributed by atoms with Crippen LogP contribution in [0.15, 0.2) is 34.2 Å². The van der Waals surface area contributed by atoms with Crippen LogP contribution in [-0.4, -0.2) is 56.1 Å². The molecule has 0 spiro atoms. The van der Waals surface area contributed by atoms with Crippen LogP contribution in [0, 0.1) is 0 Å². The van der Waals surface area contributed by atoms with Gasteiger partial charge in [0.15, 0.2) is 5.69 Å². The summed E-state index contributed by atoms with van der Waals surface area (Å²) in [7, 11) is 0. The van der Waals surface area contributed by atoms with Gasteiger partial charge in [0.1, 0.15) is 29.2 Å². The number of nitrogens with two attached hydrogens (primary N) is 1. The SMILES string of the molecule is NC(=O)c1nn(CC(=O)N2C[C@H](F)C[C@H]2C(=O)Nc2cccc(Br)n2)c2ccsc12. The van der Waals surface area contributed by atoms with Gasteiger partial charge >= 0.3 is 0 Å². The van der Waals surface area contributed by atoms with E-state index in [-0.39, 0.29) is 25.2 Å². The van der Waals surface area contributed by atoms with Gasteiger partial charge in [-0.2, -0.15) is 5.10 Å². The number of pyridine rings is 1. The van der Waals surface area contributed by atoms with Crippen molar-refractivity contribution in [3.63, 3.8) is 0 Å². The summed E-state index contributed by atoms with van der Waals surface area (Å²) < 4.78 is 16.6. The van der Waals surface area contributed by atoms with Gasteiger partial charge < -0.3 is 16.0 Å². The molecule has 12 heteroatoms. The summed E-state index contributed by atoms with van der Waals surface area (Å²) in [6.45, 7) is -0.439. The summed E-state index contributed by atoms with van der Waals surface area (Å²) >= 11 is 4.50. The maximum atomic E-state index is 14.1. The number of halogens is 2. The molecule has 1 aliphatic heterocycles. The molecule has 4 rings (SSSR count). The van der Waals surface area contributed by atoms with Gasteiger partial charge in [-0.25, -0.2) is 9.37 Å². The second kappa shape index (κ2) is 8.11. The van der Waals surface area contributed by atoms with Gasteiger partial charge in [-0.1, -0.05) is 6.07 Å². The number of amides is 3. The molecule has 0 radical (unpaired) electrons. The fourth-order valence-electron chi connectivity index (χ4n) is 3.40. The molecule has 156 valence electrons. The molecule has 3 amide bonds. The van der Waals surface area contributed by atoms with Crippen LogP contribution in [0.4, 0.5) is 10.2 Å². The third-order valence-electron chi connectivity index (χ3n) is 4.72. The molecule has 3 N–H and O–H groups in total. The number of anilines is 1. The molecule has 0 bridgehead atoms. The molecule has 1 aliphatic rings. The maximum Gasteiger partial charge on any atom is 0.270 e. The Kier molecular flexibility index (Phi) is 5.52. The average molecular weight is 495 g/mol. The summed E-state index contributed by atoms with van der Waals surface area (Å²) in [6, 6.07) is 5.74. The predicted octanol–water partition coefficient (Wildman–Crippen LogP) is 1.93. The number of nitrogens with zero attached hydrogens (tertiary/aromatic N) is 4. The molecule has 0 aromatic carbocycles. The van der Waals surface area contributed by atoms with Gasteiger partial charge in [-0.3, -0.25) is 19.1 Å². The van der Waals surface area contributed by atoms with E-state index in [1.807, 2.05) is 0 Å². The van der Waals surface area contributed by atoms with E-state index >= 15 is 0 Å². The zero-order valence-electron chi connectivity index (χ0n) is 15.4. The Morgan fingerprint density at radius 2 is 2.13 bits per heavy atom. The lowest BCUT2D eigenvalue weighted by atomic mass is 10.2. The van der Waals surface area contributed by atoms with Crippen molar-refractivity contribution in [1.29, 1.82) is 0 Å². The molecule has 9 nitrogen and oxygen atoms in total. The second-order valence-electron chi connectivity index (χ2n) is 6.74. The average Bonchev–Trinajstić information content (AvgIpc) is 3.37. The first kappa shape index (κ1) is 20.4. The number of primary amides is 1. The van der Waals surface area contributed by atoms with Gasteiger partial charge in [-0.15, -0.1) is 11.3 Å². The van der Waals surface area contributed by atoms with E-state index < -0.39 is 29.9 Å². The maximum absolute atomic E-state index is 14.1. The van der Waals surface area contributed by atoms with Crippen LogP contribution in [-0.2, 0) is 16.1 Å². The number of thiophene rings is 1. The lowest BCUT2D eigenvalue weighted by molar-refractivity contribution is -0.137. The Morgan fingerprint density at radius 1 is 1.33 bits per heavy atom. The Morgan fingerprint density at radius 3 is 2.87 bits per heavy atom. The zero-order chi connectivity index (χ0) is 21.4. The molecule has 1 fully saturated rings. The van der Waals surface area contributed by atoms with Gasteiger partial charge in [0.25, 0.3) is 5.91 Å². The quantitative estimate of drug-likeness (QED) is 0.524. The summed E-state index contributed by atoms with van der Waals surface area (Å²) in [4.78, 5) is 42.5.